The van der Waals surface area contributed by atoms with Gasteiger partial charge in [-0.2, -0.15) is 0 Å². The van der Waals surface area contributed by atoms with Crippen LogP contribution in [0.4, 0.5) is 0 Å². The van der Waals surface area contributed by atoms with Crippen LogP contribution in [0.5, 0.6) is 0 Å². The van der Waals surface area contributed by atoms with Crippen molar-refractivity contribution in [2.75, 3.05) is 45.8 Å². The van der Waals surface area contributed by atoms with Crippen LogP contribution in [-0.2, 0) is 0 Å². The number of hydrogen-bond donors (Lipinski definition) is 1. The zero-order valence-electron chi connectivity index (χ0n) is 14.8. The average Bonchev–Trinajstić information content (AvgIpc) is 2.54. The minimum Gasteiger partial charge on any atom is -0.330 e. The first-order chi connectivity index (χ1) is 10.2. The van der Waals surface area contributed by atoms with Crippen molar-refractivity contribution in [3.8, 4) is 0 Å². The first kappa shape index (κ1) is 18.9. The smallest absolute Gasteiger partial charge is 0.000691 e. The molecule has 2 heterocycles. The van der Waals surface area contributed by atoms with Crippen LogP contribution in [0.1, 0.15) is 60.7 Å². The second-order valence-corrected chi connectivity index (χ2v) is 6.98. The summed E-state index contributed by atoms with van der Waals surface area (Å²) in [6, 6.07) is 0. The van der Waals surface area contributed by atoms with Gasteiger partial charge in [-0.05, 0) is 83.2 Å². The molecule has 0 aromatic carbocycles. The molecule has 21 heavy (non-hydrogen) atoms. The molecule has 2 fully saturated rings. The lowest BCUT2D eigenvalue weighted by Gasteiger charge is -2.31. The molecule has 128 valence electrons. The Morgan fingerprint density at radius 3 is 2.24 bits per heavy atom. The molecule has 2 aliphatic heterocycles. The first-order valence-corrected chi connectivity index (χ1v) is 9.34. The molecule has 3 nitrogen and oxygen atoms in total. The van der Waals surface area contributed by atoms with Gasteiger partial charge in [0.1, 0.15) is 0 Å². The van der Waals surface area contributed by atoms with E-state index in [1.165, 1.54) is 71.4 Å². The molecular formula is C18H41N3. The van der Waals surface area contributed by atoms with Crippen molar-refractivity contribution in [1.82, 2.24) is 9.80 Å². The van der Waals surface area contributed by atoms with E-state index in [0.29, 0.717) is 0 Å². The molecule has 0 aromatic rings. The molecule has 2 saturated heterocycles. The number of hydrogen-bond acceptors (Lipinski definition) is 3. The van der Waals surface area contributed by atoms with Crippen molar-refractivity contribution in [3.05, 3.63) is 0 Å². The van der Waals surface area contributed by atoms with Crippen LogP contribution < -0.4 is 5.73 Å². The maximum atomic E-state index is 5.47. The van der Waals surface area contributed by atoms with Crippen LogP contribution >= 0.6 is 0 Å². The Kier molecular flexibility index (Phi) is 10.3. The second-order valence-electron chi connectivity index (χ2n) is 6.98. The van der Waals surface area contributed by atoms with Gasteiger partial charge in [-0.3, -0.25) is 0 Å². The standard InChI is InChI=1S/C10H22N2.C8H17N.H2/c1-2-10-4-8-12(9-5-10)7-3-6-11;1-3-9-6-4-5-8(2)7-9;/h10H,2-9,11H2,1H3;8H,3-7H2,1-2H3;1H/t;8-;/m.0./s1. The van der Waals surface area contributed by atoms with Crippen molar-refractivity contribution in [1.29, 1.82) is 0 Å². The highest BCUT2D eigenvalue weighted by molar-refractivity contribution is 4.71. The third-order valence-electron chi connectivity index (χ3n) is 5.15. The zero-order valence-corrected chi connectivity index (χ0v) is 14.8. The van der Waals surface area contributed by atoms with E-state index in [1.807, 2.05) is 0 Å². The minimum atomic E-state index is 0. The van der Waals surface area contributed by atoms with Crippen LogP contribution in [0.25, 0.3) is 0 Å². The number of nitrogens with zero attached hydrogens (tertiary/aromatic N) is 2. The van der Waals surface area contributed by atoms with E-state index in [9.17, 15) is 0 Å². The van der Waals surface area contributed by atoms with E-state index < -0.39 is 0 Å². The molecule has 0 bridgehead atoms. The van der Waals surface area contributed by atoms with Crippen LogP contribution in [0.2, 0.25) is 0 Å². The topological polar surface area (TPSA) is 32.5 Å². The summed E-state index contributed by atoms with van der Waals surface area (Å²) in [4.78, 5) is 5.09. The van der Waals surface area contributed by atoms with Gasteiger partial charge in [0.15, 0.2) is 0 Å². The normalized spacial score (nSPS) is 25.4. The Labute approximate surface area is 134 Å². The van der Waals surface area contributed by atoms with Crippen LogP contribution in [0.3, 0.4) is 0 Å². The van der Waals surface area contributed by atoms with E-state index in [-0.39, 0.29) is 1.43 Å². The van der Waals surface area contributed by atoms with Gasteiger partial charge in [0.05, 0.1) is 0 Å². The molecule has 0 spiro atoms. The summed E-state index contributed by atoms with van der Waals surface area (Å²) in [5.74, 6) is 1.94. The number of nitrogens with two attached hydrogens (primary N) is 1. The highest BCUT2D eigenvalue weighted by Gasteiger charge is 2.16. The lowest BCUT2D eigenvalue weighted by atomic mass is 9.94. The fraction of sp³-hybridized carbons (Fsp3) is 1.00. The molecule has 0 aromatic heterocycles. The number of likely N-dealkylation sites (tertiary alicyclic amines) is 2. The molecule has 2 aliphatic rings. The van der Waals surface area contributed by atoms with E-state index in [2.05, 4.69) is 30.6 Å². The van der Waals surface area contributed by atoms with Crippen molar-refractivity contribution in [2.45, 2.75) is 59.3 Å². The molecule has 3 heteroatoms. The van der Waals surface area contributed by atoms with Crippen molar-refractivity contribution >= 4 is 0 Å². The van der Waals surface area contributed by atoms with Gasteiger partial charge in [0.2, 0.25) is 0 Å². The second kappa shape index (κ2) is 11.4. The Morgan fingerprint density at radius 2 is 1.76 bits per heavy atom. The number of piperidine rings is 2. The van der Waals surface area contributed by atoms with Gasteiger partial charge in [0, 0.05) is 7.97 Å². The molecule has 0 amide bonds. The van der Waals surface area contributed by atoms with Gasteiger partial charge in [-0.1, -0.05) is 27.2 Å². The predicted octanol–water partition coefficient (Wildman–Crippen LogP) is 3.44. The fourth-order valence-corrected chi connectivity index (χ4v) is 3.51. The first-order valence-electron chi connectivity index (χ1n) is 9.34. The molecule has 2 N–H and O–H groups in total. The summed E-state index contributed by atoms with van der Waals surface area (Å²) in [6.07, 6.45) is 8.19. The van der Waals surface area contributed by atoms with Crippen LogP contribution in [0.15, 0.2) is 0 Å². The SMILES string of the molecule is CCC1CCN(CCCN)CC1.CCN1CCC[C@H](C)C1.[HH]. The van der Waals surface area contributed by atoms with Crippen LogP contribution in [0, 0.1) is 11.8 Å². The Morgan fingerprint density at radius 1 is 1.05 bits per heavy atom. The van der Waals surface area contributed by atoms with E-state index in [0.717, 1.165) is 24.8 Å². The molecule has 1 atom stereocenters. The summed E-state index contributed by atoms with van der Waals surface area (Å²) < 4.78 is 0. The summed E-state index contributed by atoms with van der Waals surface area (Å²) in [6.45, 7) is 15.5. The molecule has 0 aliphatic carbocycles. The lowest BCUT2D eigenvalue weighted by Crippen LogP contribution is -2.34. The Bertz CT molecular complexity index is 242. The van der Waals surface area contributed by atoms with Gasteiger partial charge in [-0.25, -0.2) is 0 Å². The van der Waals surface area contributed by atoms with Gasteiger partial charge >= 0.3 is 0 Å². The summed E-state index contributed by atoms with van der Waals surface area (Å²) in [5.41, 5.74) is 5.47. The fourth-order valence-electron chi connectivity index (χ4n) is 3.51. The van der Waals surface area contributed by atoms with Crippen molar-refractivity contribution in [3.63, 3.8) is 0 Å². The quantitative estimate of drug-likeness (QED) is 0.844. The minimum absolute atomic E-state index is 0. The van der Waals surface area contributed by atoms with Gasteiger partial charge in [-0.15, -0.1) is 0 Å². The van der Waals surface area contributed by atoms with Crippen molar-refractivity contribution in [2.24, 2.45) is 17.6 Å². The maximum Gasteiger partial charge on any atom is 0.000691 e. The predicted molar refractivity (Wildman–Crippen MR) is 95.8 cm³/mol. The monoisotopic (exact) mass is 299 g/mol. The van der Waals surface area contributed by atoms with Gasteiger partial charge in [0.25, 0.3) is 0 Å². The average molecular weight is 300 g/mol. The highest BCUT2D eigenvalue weighted by Crippen LogP contribution is 2.19. The molecule has 0 saturated carbocycles. The third kappa shape index (κ3) is 8.18. The highest BCUT2D eigenvalue weighted by atomic mass is 15.1. The molecule has 2 rings (SSSR count). The van der Waals surface area contributed by atoms with E-state index >= 15 is 0 Å². The molecular weight excluding hydrogens is 258 g/mol. The van der Waals surface area contributed by atoms with E-state index in [4.69, 9.17) is 5.73 Å². The zero-order chi connectivity index (χ0) is 15.5. The lowest BCUT2D eigenvalue weighted by molar-refractivity contribution is 0.181. The third-order valence-corrected chi connectivity index (χ3v) is 5.15. The summed E-state index contributed by atoms with van der Waals surface area (Å²) in [5, 5.41) is 0. The summed E-state index contributed by atoms with van der Waals surface area (Å²) >= 11 is 0. The number of rotatable bonds is 5. The van der Waals surface area contributed by atoms with Crippen LogP contribution in [-0.4, -0.2) is 55.6 Å². The maximum absolute atomic E-state index is 5.47. The van der Waals surface area contributed by atoms with E-state index in [1.54, 1.807) is 0 Å². The van der Waals surface area contributed by atoms with Crippen molar-refractivity contribution < 1.29 is 1.43 Å². The Balaban J connectivity index is 0.000000397. The molecule has 0 unspecified atom stereocenters. The van der Waals surface area contributed by atoms with Gasteiger partial charge < -0.3 is 15.5 Å². The largest absolute Gasteiger partial charge is 0.330 e. The molecule has 0 radical (unpaired) electrons. The Hall–Kier alpha value is -0.120. The summed E-state index contributed by atoms with van der Waals surface area (Å²) in [7, 11) is 0.